The Morgan fingerprint density at radius 2 is 2.41 bits per heavy atom. The molecule has 2 atom stereocenters. The van der Waals surface area contributed by atoms with Gasteiger partial charge in [-0.1, -0.05) is 11.6 Å². The van der Waals surface area contributed by atoms with E-state index in [1.807, 2.05) is 0 Å². The van der Waals surface area contributed by atoms with Crippen molar-refractivity contribution in [3.63, 3.8) is 0 Å². The number of ether oxygens (including phenoxy) is 2. The Hall–Kier alpha value is -1.40. The summed E-state index contributed by atoms with van der Waals surface area (Å²) in [7, 11) is 1.36. The Balaban J connectivity index is 1.92. The molecule has 0 spiro atoms. The maximum atomic E-state index is 11.3. The number of halogens is 1. The van der Waals surface area contributed by atoms with E-state index in [9.17, 15) is 4.79 Å². The van der Waals surface area contributed by atoms with E-state index in [1.54, 1.807) is 0 Å². The Bertz CT molecular complexity index is 416. The van der Waals surface area contributed by atoms with Crippen LogP contribution in [0.1, 0.15) is 6.42 Å². The van der Waals surface area contributed by atoms with Gasteiger partial charge >= 0.3 is 5.97 Å². The molecule has 17 heavy (non-hydrogen) atoms. The zero-order valence-electron chi connectivity index (χ0n) is 9.22. The second kappa shape index (κ2) is 5.29. The van der Waals surface area contributed by atoms with E-state index in [2.05, 4.69) is 20.0 Å². The number of rotatable bonds is 3. The normalized spacial score (nSPS) is 23.4. The molecule has 1 aliphatic rings. The third-order valence-corrected chi connectivity index (χ3v) is 2.68. The lowest BCUT2D eigenvalue weighted by atomic mass is 10.2. The topological polar surface area (TPSA) is 73.3 Å². The summed E-state index contributed by atoms with van der Waals surface area (Å²) in [5, 5.41) is 3.34. The van der Waals surface area contributed by atoms with E-state index in [1.165, 1.54) is 19.5 Å². The number of carbonyl (C=O) groups is 1. The molecule has 0 saturated carbocycles. The van der Waals surface area contributed by atoms with Crippen molar-refractivity contribution in [2.75, 3.05) is 13.7 Å². The third-order valence-electron chi connectivity index (χ3n) is 2.47. The number of methoxy groups -OCH3 is 1. The first-order chi connectivity index (χ1) is 8.19. The molecule has 2 heterocycles. The fourth-order valence-electron chi connectivity index (χ4n) is 1.67. The summed E-state index contributed by atoms with van der Waals surface area (Å²) in [5.41, 5.74) is 0. The fourth-order valence-corrected chi connectivity index (χ4v) is 1.80. The summed E-state index contributed by atoms with van der Waals surface area (Å²) in [6.07, 6.45) is 1.76. The molecule has 0 bridgehead atoms. The monoisotopic (exact) mass is 257 g/mol. The fraction of sp³-hybridized carbons (Fsp3) is 0.500. The van der Waals surface area contributed by atoms with E-state index in [0.29, 0.717) is 24.0 Å². The predicted octanol–water partition coefficient (Wildman–Crippen LogP) is 0.412. The van der Waals surface area contributed by atoms with Crippen molar-refractivity contribution in [2.24, 2.45) is 0 Å². The highest BCUT2D eigenvalue weighted by Crippen LogP contribution is 2.17. The van der Waals surface area contributed by atoms with Crippen LogP contribution in [0.4, 0.5) is 0 Å². The van der Waals surface area contributed by atoms with Gasteiger partial charge in [0.15, 0.2) is 0 Å². The molecule has 92 valence electrons. The van der Waals surface area contributed by atoms with Gasteiger partial charge in [0.05, 0.1) is 7.11 Å². The summed E-state index contributed by atoms with van der Waals surface area (Å²) in [6, 6.07) is 1.22. The Morgan fingerprint density at radius 3 is 3.12 bits per heavy atom. The van der Waals surface area contributed by atoms with Crippen molar-refractivity contribution >= 4 is 17.6 Å². The average molecular weight is 258 g/mol. The zero-order valence-corrected chi connectivity index (χ0v) is 9.98. The first-order valence-corrected chi connectivity index (χ1v) is 5.52. The molecule has 1 fully saturated rings. The van der Waals surface area contributed by atoms with Crippen LogP contribution in [-0.4, -0.2) is 41.7 Å². The minimum absolute atomic E-state index is 0.120. The SMILES string of the molecule is COC(=O)C1CC(Oc2cc(Cl)ncn2)CN1. The van der Waals surface area contributed by atoms with Crippen molar-refractivity contribution in [1.29, 1.82) is 0 Å². The van der Waals surface area contributed by atoms with Gasteiger partial charge < -0.3 is 14.8 Å². The van der Waals surface area contributed by atoms with Crippen molar-refractivity contribution in [2.45, 2.75) is 18.6 Å². The summed E-state index contributed by atoms with van der Waals surface area (Å²) in [6.45, 7) is 0.571. The molecule has 1 aromatic heterocycles. The summed E-state index contributed by atoms with van der Waals surface area (Å²) in [5.74, 6) is 0.124. The standard InChI is InChI=1S/C10H12ClN3O3/c1-16-10(15)7-2-6(4-12-7)17-9-3-8(11)13-5-14-9/h3,5-7,12H,2,4H2,1H3. The number of hydrogen-bond acceptors (Lipinski definition) is 6. The molecule has 0 aromatic carbocycles. The van der Waals surface area contributed by atoms with Gasteiger partial charge in [-0.2, -0.15) is 0 Å². The average Bonchev–Trinajstić information content (AvgIpc) is 2.76. The number of nitrogens with one attached hydrogen (secondary N) is 1. The first-order valence-electron chi connectivity index (χ1n) is 5.14. The van der Waals surface area contributed by atoms with Crippen LogP contribution < -0.4 is 10.1 Å². The number of carbonyl (C=O) groups excluding carboxylic acids is 1. The van der Waals surface area contributed by atoms with E-state index in [-0.39, 0.29) is 18.1 Å². The van der Waals surface area contributed by atoms with E-state index < -0.39 is 0 Å². The van der Waals surface area contributed by atoms with Crippen LogP contribution in [-0.2, 0) is 9.53 Å². The van der Waals surface area contributed by atoms with Crippen LogP contribution in [0.2, 0.25) is 5.15 Å². The Labute approximate surface area is 103 Å². The lowest BCUT2D eigenvalue weighted by Gasteiger charge is -2.11. The third kappa shape index (κ3) is 3.04. The van der Waals surface area contributed by atoms with E-state index in [0.717, 1.165) is 0 Å². The van der Waals surface area contributed by atoms with Gasteiger partial charge in [-0.25, -0.2) is 9.97 Å². The van der Waals surface area contributed by atoms with Gasteiger partial charge in [-0.15, -0.1) is 0 Å². The van der Waals surface area contributed by atoms with Crippen LogP contribution in [0.3, 0.4) is 0 Å². The largest absolute Gasteiger partial charge is 0.473 e. The summed E-state index contributed by atoms with van der Waals surface area (Å²) < 4.78 is 10.2. The van der Waals surface area contributed by atoms with Crippen LogP contribution in [0.25, 0.3) is 0 Å². The van der Waals surface area contributed by atoms with Crippen LogP contribution in [0.15, 0.2) is 12.4 Å². The number of esters is 1. The molecular formula is C10H12ClN3O3. The van der Waals surface area contributed by atoms with Gasteiger partial charge in [-0.05, 0) is 0 Å². The highest BCUT2D eigenvalue weighted by Gasteiger charge is 2.31. The van der Waals surface area contributed by atoms with Crippen LogP contribution >= 0.6 is 11.6 Å². The van der Waals surface area contributed by atoms with Crippen LogP contribution in [0.5, 0.6) is 5.88 Å². The van der Waals surface area contributed by atoms with E-state index >= 15 is 0 Å². The van der Waals surface area contributed by atoms with Gasteiger partial charge in [0, 0.05) is 19.0 Å². The molecule has 0 radical (unpaired) electrons. The van der Waals surface area contributed by atoms with Gasteiger partial charge in [0.25, 0.3) is 0 Å². The molecule has 2 rings (SSSR count). The van der Waals surface area contributed by atoms with Gasteiger partial charge in [0.1, 0.15) is 23.6 Å². The molecule has 7 heteroatoms. The van der Waals surface area contributed by atoms with Crippen molar-refractivity contribution in [3.8, 4) is 5.88 Å². The van der Waals surface area contributed by atoms with Crippen molar-refractivity contribution in [3.05, 3.63) is 17.5 Å². The van der Waals surface area contributed by atoms with Crippen molar-refractivity contribution in [1.82, 2.24) is 15.3 Å². The predicted molar refractivity (Wildman–Crippen MR) is 59.9 cm³/mol. The quantitative estimate of drug-likeness (QED) is 0.625. The molecule has 1 N–H and O–H groups in total. The number of hydrogen-bond donors (Lipinski definition) is 1. The summed E-state index contributed by atoms with van der Waals surface area (Å²) in [4.78, 5) is 19.0. The Morgan fingerprint density at radius 1 is 1.59 bits per heavy atom. The number of nitrogens with zero attached hydrogens (tertiary/aromatic N) is 2. The highest BCUT2D eigenvalue weighted by atomic mass is 35.5. The second-order valence-corrected chi connectivity index (χ2v) is 4.03. The maximum Gasteiger partial charge on any atom is 0.323 e. The smallest absolute Gasteiger partial charge is 0.323 e. The van der Waals surface area contributed by atoms with Crippen LogP contribution in [0, 0.1) is 0 Å². The molecule has 0 amide bonds. The van der Waals surface area contributed by atoms with Gasteiger partial charge in [0.2, 0.25) is 5.88 Å². The molecule has 1 saturated heterocycles. The minimum atomic E-state index is -0.317. The molecule has 1 aromatic rings. The molecule has 2 unspecified atom stereocenters. The molecule has 1 aliphatic heterocycles. The maximum absolute atomic E-state index is 11.3. The van der Waals surface area contributed by atoms with E-state index in [4.69, 9.17) is 16.3 Å². The molecule has 6 nitrogen and oxygen atoms in total. The van der Waals surface area contributed by atoms with Gasteiger partial charge in [-0.3, -0.25) is 4.79 Å². The first kappa shape index (κ1) is 12.1. The molecule has 0 aliphatic carbocycles. The van der Waals surface area contributed by atoms with Crippen molar-refractivity contribution < 1.29 is 14.3 Å². The minimum Gasteiger partial charge on any atom is -0.473 e. The zero-order chi connectivity index (χ0) is 12.3. The molecular weight excluding hydrogens is 246 g/mol. The highest BCUT2D eigenvalue weighted by molar-refractivity contribution is 6.29. The Kier molecular flexibility index (Phi) is 3.75. The lowest BCUT2D eigenvalue weighted by Crippen LogP contribution is -2.31. The number of aromatic nitrogens is 2. The summed E-state index contributed by atoms with van der Waals surface area (Å²) >= 11 is 5.71. The second-order valence-electron chi connectivity index (χ2n) is 3.64. The lowest BCUT2D eigenvalue weighted by molar-refractivity contribution is -0.142.